The number of carbonyl (C=O) groups excluding carboxylic acids is 1. The summed E-state index contributed by atoms with van der Waals surface area (Å²) in [5.74, 6) is 0.996. The molecule has 0 aliphatic heterocycles. The van der Waals surface area contributed by atoms with Gasteiger partial charge in [-0.1, -0.05) is 19.3 Å². The Morgan fingerprint density at radius 2 is 1.96 bits per heavy atom. The van der Waals surface area contributed by atoms with Crippen LogP contribution in [0.2, 0.25) is 0 Å². The molecule has 1 aliphatic carbocycles. The van der Waals surface area contributed by atoms with Gasteiger partial charge in [-0.15, -0.1) is 0 Å². The summed E-state index contributed by atoms with van der Waals surface area (Å²) in [6.45, 7) is 0. The molecule has 8 heteroatoms. The Labute approximate surface area is 162 Å². The van der Waals surface area contributed by atoms with Crippen molar-refractivity contribution in [2.24, 2.45) is 0 Å². The maximum absolute atomic E-state index is 12.2. The molecule has 1 aliphatic rings. The van der Waals surface area contributed by atoms with E-state index < -0.39 is 6.09 Å². The Hall–Kier alpha value is -3.42. The summed E-state index contributed by atoms with van der Waals surface area (Å²) in [5.41, 5.74) is 1.91. The van der Waals surface area contributed by atoms with Crippen LogP contribution in [0.3, 0.4) is 0 Å². The molecule has 4 rings (SSSR count). The molecule has 0 unspecified atom stereocenters. The van der Waals surface area contributed by atoms with Crippen molar-refractivity contribution >= 4 is 6.09 Å². The van der Waals surface area contributed by atoms with Crippen LogP contribution >= 0.6 is 0 Å². The normalized spacial score (nSPS) is 14.6. The highest BCUT2D eigenvalue weighted by Crippen LogP contribution is 2.33. The number of aromatic hydroxyl groups is 1. The zero-order chi connectivity index (χ0) is 19.3. The fraction of sp³-hybridized carbons (Fsp3) is 0.300. The van der Waals surface area contributed by atoms with Crippen LogP contribution in [-0.2, 0) is 0 Å². The second-order valence-electron chi connectivity index (χ2n) is 6.84. The molecular weight excluding hydrogens is 358 g/mol. The highest BCUT2D eigenvalue weighted by atomic mass is 16.6. The van der Waals surface area contributed by atoms with Gasteiger partial charge in [-0.05, 0) is 37.1 Å². The van der Waals surface area contributed by atoms with Crippen LogP contribution in [0.1, 0.15) is 32.1 Å². The number of phenolic OH excluding ortho intramolecular Hbond substituents is 1. The molecule has 0 atom stereocenters. The number of nitrogens with zero attached hydrogens (tertiary/aromatic N) is 3. The number of H-pyrrole nitrogens is 1. The number of ether oxygens (including phenoxy) is 1. The number of benzene rings is 1. The third kappa shape index (κ3) is 4.11. The smallest absolute Gasteiger partial charge is 0.412 e. The first-order chi connectivity index (χ1) is 13.7. The van der Waals surface area contributed by atoms with E-state index in [1.54, 1.807) is 24.5 Å². The van der Waals surface area contributed by atoms with Crippen molar-refractivity contribution in [1.29, 1.82) is 0 Å². The van der Waals surface area contributed by atoms with Crippen LogP contribution in [0.15, 0.2) is 43.0 Å². The first-order valence-electron chi connectivity index (χ1n) is 9.31. The van der Waals surface area contributed by atoms with Crippen LogP contribution in [-0.4, -0.2) is 37.4 Å². The number of amides is 1. The van der Waals surface area contributed by atoms with Crippen molar-refractivity contribution in [2.75, 3.05) is 0 Å². The molecule has 1 aromatic carbocycles. The van der Waals surface area contributed by atoms with Crippen molar-refractivity contribution in [3.63, 3.8) is 0 Å². The van der Waals surface area contributed by atoms with Crippen LogP contribution in [0, 0.1) is 0 Å². The number of hydrogen-bond donors (Lipinski definition) is 3. The van der Waals surface area contributed by atoms with Crippen LogP contribution in [0.5, 0.6) is 11.5 Å². The third-order valence-corrected chi connectivity index (χ3v) is 4.84. The van der Waals surface area contributed by atoms with Gasteiger partial charge in [0.15, 0.2) is 5.82 Å². The number of hydrogen-bond acceptors (Lipinski definition) is 6. The van der Waals surface area contributed by atoms with E-state index in [4.69, 9.17) is 4.74 Å². The van der Waals surface area contributed by atoms with Gasteiger partial charge in [0, 0.05) is 35.1 Å². The molecule has 28 heavy (non-hydrogen) atoms. The molecule has 0 spiro atoms. The molecule has 8 nitrogen and oxygen atoms in total. The highest BCUT2D eigenvalue weighted by Gasteiger charge is 2.17. The number of rotatable bonds is 4. The minimum Gasteiger partial charge on any atom is -0.507 e. The first kappa shape index (κ1) is 18.0. The summed E-state index contributed by atoms with van der Waals surface area (Å²) in [6, 6.07) is 6.68. The Morgan fingerprint density at radius 3 is 2.75 bits per heavy atom. The number of carbonyl (C=O) groups is 1. The molecule has 3 aromatic rings. The predicted molar refractivity (Wildman–Crippen MR) is 103 cm³/mol. The maximum Gasteiger partial charge on any atom is 0.412 e. The molecular formula is C20H21N5O3. The Morgan fingerprint density at radius 1 is 1.14 bits per heavy atom. The Bertz CT molecular complexity index is 952. The predicted octanol–water partition coefficient (Wildman–Crippen LogP) is 3.66. The van der Waals surface area contributed by atoms with Crippen molar-refractivity contribution in [1.82, 2.24) is 25.5 Å². The molecule has 2 heterocycles. The number of aromatic amines is 1. The summed E-state index contributed by atoms with van der Waals surface area (Å²) >= 11 is 0. The minimum absolute atomic E-state index is 0.0663. The van der Waals surface area contributed by atoms with Crippen LogP contribution in [0.4, 0.5) is 4.79 Å². The first-order valence-corrected chi connectivity index (χ1v) is 9.31. The topological polar surface area (TPSA) is 113 Å². The Balaban J connectivity index is 1.52. The van der Waals surface area contributed by atoms with E-state index in [9.17, 15) is 9.90 Å². The van der Waals surface area contributed by atoms with Gasteiger partial charge < -0.3 is 15.2 Å². The summed E-state index contributed by atoms with van der Waals surface area (Å²) < 4.78 is 5.43. The fourth-order valence-corrected chi connectivity index (χ4v) is 3.42. The molecule has 0 bridgehead atoms. The lowest BCUT2D eigenvalue weighted by Crippen LogP contribution is -2.37. The van der Waals surface area contributed by atoms with Gasteiger partial charge in [0.05, 0.1) is 0 Å². The summed E-state index contributed by atoms with van der Waals surface area (Å²) in [6.07, 6.45) is 9.66. The highest BCUT2D eigenvalue weighted by molar-refractivity contribution is 5.76. The van der Waals surface area contributed by atoms with Crippen molar-refractivity contribution in [3.8, 4) is 34.0 Å². The van der Waals surface area contributed by atoms with Crippen molar-refractivity contribution in [2.45, 2.75) is 38.1 Å². The molecule has 1 amide bonds. The number of nitrogens with one attached hydrogen (secondary N) is 2. The van der Waals surface area contributed by atoms with E-state index in [0.717, 1.165) is 31.2 Å². The van der Waals surface area contributed by atoms with E-state index in [2.05, 4.69) is 25.5 Å². The van der Waals surface area contributed by atoms with Gasteiger partial charge in [-0.25, -0.2) is 9.78 Å². The zero-order valence-corrected chi connectivity index (χ0v) is 15.3. The molecule has 144 valence electrons. The maximum atomic E-state index is 12.2. The largest absolute Gasteiger partial charge is 0.507 e. The molecule has 3 N–H and O–H groups in total. The third-order valence-electron chi connectivity index (χ3n) is 4.84. The van der Waals surface area contributed by atoms with E-state index in [-0.39, 0.29) is 11.8 Å². The van der Waals surface area contributed by atoms with Gasteiger partial charge >= 0.3 is 6.09 Å². The van der Waals surface area contributed by atoms with E-state index in [1.807, 2.05) is 6.07 Å². The molecule has 0 radical (unpaired) electrons. The molecule has 1 saturated carbocycles. The summed E-state index contributed by atoms with van der Waals surface area (Å²) in [5, 5.41) is 19.8. The monoisotopic (exact) mass is 379 g/mol. The standard InChI is InChI=1S/C20H21N5O3/c26-18-7-6-16(28-20(27)24-15-4-2-1-3-5-15)9-17(18)13-8-14(11-21-10-13)19-22-12-23-25-19/h6-12,15,26H,1-5H2,(H,24,27)(H,22,23,25). The molecule has 2 aromatic heterocycles. The average Bonchev–Trinajstić information content (AvgIpc) is 3.25. The van der Waals surface area contributed by atoms with Crippen molar-refractivity contribution < 1.29 is 14.6 Å². The number of pyridine rings is 1. The van der Waals surface area contributed by atoms with E-state index in [0.29, 0.717) is 22.7 Å². The summed E-state index contributed by atoms with van der Waals surface area (Å²) in [4.78, 5) is 20.5. The van der Waals surface area contributed by atoms with Gasteiger partial charge in [-0.3, -0.25) is 10.1 Å². The Kier molecular flexibility index (Phi) is 5.18. The fourth-order valence-electron chi connectivity index (χ4n) is 3.42. The second-order valence-corrected chi connectivity index (χ2v) is 6.84. The average molecular weight is 379 g/mol. The van der Waals surface area contributed by atoms with E-state index >= 15 is 0 Å². The van der Waals surface area contributed by atoms with E-state index in [1.165, 1.54) is 18.8 Å². The zero-order valence-electron chi connectivity index (χ0n) is 15.3. The van der Waals surface area contributed by atoms with Gasteiger partial charge in [-0.2, -0.15) is 5.10 Å². The lowest BCUT2D eigenvalue weighted by atomic mass is 9.96. The van der Waals surface area contributed by atoms with Crippen molar-refractivity contribution in [3.05, 3.63) is 43.0 Å². The molecule has 1 fully saturated rings. The molecule has 0 saturated heterocycles. The second kappa shape index (κ2) is 8.08. The van der Waals surface area contributed by atoms with Crippen LogP contribution < -0.4 is 10.1 Å². The van der Waals surface area contributed by atoms with Crippen LogP contribution in [0.25, 0.3) is 22.5 Å². The summed E-state index contributed by atoms with van der Waals surface area (Å²) in [7, 11) is 0. The minimum atomic E-state index is -0.475. The number of phenols is 1. The lowest BCUT2D eigenvalue weighted by Gasteiger charge is -2.22. The number of aromatic nitrogens is 4. The van der Waals surface area contributed by atoms with Gasteiger partial charge in [0.2, 0.25) is 0 Å². The quantitative estimate of drug-likeness (QED) is 0.638. The lowest BCUT2D eigenvalue weighted by molar-refractivity contribution is 0.192. The van der Waals surface area contributed by atoms with Gasteiger partial charge in [0.25, 0.3) is 0 Å². The SMILES string of the molecule is O=C(NC1CCCCC1)Oc1ccc(O)c(-c2cncc(-c3ncn[nH]3)c2)c1. The van der Waals surface area contributed by atoms with Gasteiger partial charge in [0.1, 0.15) is 17.8 Å².